The summed E-state index contributed by atoms with van der Waals surface area (Å²) >= 11 is 0. The molecule has 9 nitrogen and oxygen atoms in total. The van der Waals surface area contributed by atoms with Crippen LogP contribution >= 0.6 is 0 Å². The van der Waals surface area contributed by atoms with E-state index in [0.29, 0.717) is 6.42 Å². The van der Waals surface area contributed by atoms with Crippen LogP contribution in [0.15, 0.2) is 0 Å². The fourth-order valence-corrected chi connectivity index (χ4v) is 1.95. The molecule has 1 aliphatic heterocycles. The van der Waals surface area contributed by atoms with Crippen LogP contribution in [0.1, 0.15) is 46.5 Å². The summed E-state index contributed by atoms with van der Waals surface area (Å²) in [5, 5.41) is 8.81. The van der Waals surface area contributed by atoms with Crippen LogP contribution in [0.3, 0.4) is 0 Å². The zero-order valence-corrected chi connectivity index (χ0v) is 13.9. The number of esters is 3. The van der Waals surface area contributed by atoms with Gasteiger partial charge in [-0.2, -0.15) is 0 Å². The zero-order chi connectivity index (χ0) is 18.3. The number of cyclic esters (lactones) is 1. The Morgan fingerprint density at radius 1 is 1.33 bits per heavy atom. The average molecular weight is 346 g/mol. The number of hydrogen-bond donors (Lipinski definition) is 1. The predicted molar refractivity (Wildman–Crippen MR) is 77.7 cm³/mol. The highest BCUT2D eigenvalue weighted by atomic mass is 16.8. The summed E-state index contributed by atoms with van der Waals surface area (Å²) in [4.78, 5) is 46.0. The summed E-state index contributed by atoms with van der Waals surface area (Å²) in [6.07, 6.45) is -2.55. The minimum absolute atomic E-state index is 0.106. The van der Waals surface area contributed by atoms with Crippen molar-refractivity contribution in [3.8, 4) is 0 Å². The Morgan fingerprint density at radius 2 is 2.00 bits per heavy atom. The molecule has 0 aromatic carbocycles. The van der Waals surface area contributed by atoms with Crippen molar-refractivity contribution in [1.82, 2.24) is 0 Å². The largest absolute Gasteiger partial charge is 0.481 e. The van der Waals surface area contributed by atoms with Crippen LogP contribution in [0.25, 0.3) is 0 Å². The van der Waals surface area contributed by atoms with Gasteiger partial charge in [0.25, 0.3) is 0 Å². The molecule has 2 atom stereocenters. The van der Waals surface area contributed by atoms with Crippen LogP contribution < -0.4 is 0 Å². The molecule has 0 aliphatic carbocycles. The summed E-state index contributed by atoms with van der Waals surface area (Å²) in [6.45, 7) is 5.02. The van der Waals surface area contributed by atoms with Gasteiger partial charge < -0.3 is 24.1 Å². The first-order chi connectivity index (χ1) is 11.1. The fourth-order valence-electron chi connectivity index (χ4n) is 1.95. The molecule has 0 amide bonds. The molecule has 0 radical (unpaired) electrons. The van der Waals surface area contributed by atoms with E-state index in [9.17, 15) is 19.2 Å². The van der Waals surface area contributed by atoms with Gasteiger partial charge in [-0.15, -0.1) is 0 Å². The van der Waals surface area contributed by atoms with E-state index in [2.05, 4.69) is 0 Å². The van der Waals surface area contributed by atoms with Gasteiger partial charge in [0.1, 0.15) is 0 Å². The van der Waals surface area contributed by atoms with Crippen molar-refractivity contribution in [2.45, 2.75) is 64.4 Å². The maximum absolute atomic E-state index is 11.9. The molecule has 1 N–H and O–H groups in total. The molecular weight excluding hydrogens is 324 g/mol. The first-order valence-electron chi connectivity index (χ1n) is 7.63. The molecule has 0 aromatic heterocycles. The van der Waals surface area contributed by atoms with Crippen LogP contribution in [0.4, 0.5) is 0 Å². The number of carboxylic acids is 1. The molecule has 9 heteroatoms. The lowest BCUT2D eigenvalue weighted by atomic mass is 10.2. The molecule has 24 heavy (non-hydrogen) atoms. The molecule has 1 rings (SSSR count). The molecule has 1 saturated heterocycles. The second kappa shape index (κ2) is 8.62. The van der Waals surface area contributed by atoms with Gasteiger partial charge in [0.2, 0.25) is 11.9 Å². The number of carbonyl (C=O) groups is 4. The molecule has 0 spiro atoms. The van der Waals surface area contributed by atoms with E-state index < -0.39 is 54.7 Å². The summed E-state index contributed by atoms with van der Waals surface area (Å²) in [5.41, 5.74) is 0. The van der Waals surface area contributed by atoms with Gasteiger partial charge in [-0.1, -0.05) is 13.3 Å². The quantitative estimate of drug-likeness (QED) is 0.366. The second-order valence-corrected chi connectivity index (χ2v) is 5.73. The van der Waals surface area contributed by atoms with E-state index in [1.807, 2.05) is 6.92 Å². The van der Waals surface area contributed by atoms with E-state index >= 15 is 0 Å². The first kappa shape index (κ1) is 19.9. The fraction of sp³-hybridized carbons (Fsp3) is 0.733. The minimum Gasteiger partial charge on any atom is -0.481 e. The van der Waals surface area contributed by atoms with Gasteiger partial charge >= 0.3 is 23.9 Å². The van der Waals surface area contributed by atoms with Crippen molar-refractivity contribution in [3.63, 3.8) is 0 Å². The monoisotopic (exact) mass is 346 g/mol. The van der Waals surface area contributed by atoms with E-state index in [1.54, 1.807) is 0 Å². The Labute approximate surface area is 139 Å². The van der Waals surface area contributed by atoms with Gasteiger partial charge in [0.15, 0.2) is 6.10 Å². The highest BCUT2D eigenvalue weighted by Crippen LogP contribution is 2.25. The Balaban J connectivity index is 2.59. The summed E-state index contributed by atoms with van der Waals surface area (Å²) in [5.74, 6) is -5.08. The Bertz CT molecular complexity index is 497. The lowest BCUT2D eigenvalue weighted by Gasteiger charge is -2.17. The topological polar surface area (TPSA) is 125 Å². The summed E-state index contributed by atoms with van der Waals surface area (Å²) in [7, 11) is 0. The van der Waals surface area contributed by atoms with Crippen molar-refractivity contribution >= 4 is 23.9 Å². The molecule has 1 fully saturated rings. The number of ether oxygens (including phenoxy) is 4. The summed E-state index contributed by atoms with van der Waals surface area (Å²) in [6, 6.07) is 0. The second-order valence-electron chi connectivity index (χ2n) is 5.73. The van der Waals surface area contributed by atoms with Gasteiger partial charge in [-0.25, -0.2) is 9.59 Å². The molecular formula is C15H22O9. The lowest BCUT2D eigenvalue weighted by Crippen LogP contribution is -2.33. The third kappa shape index (κ3) is 6.53. The lowest BCUT2D eigenvalue weighted by molar-refractivity contribution is -0.173. The van der Waals surface area contributed by atoms with Gasteiger partial charge in [0.05, 0.1) is 19.4 Å². The van der Waals surface area contributed by atoms with Gasteiger partial charge in [-0.3, -0.25) is 9.59 Å². The van der Waals surface area contributed by atoms with Crippen LogP contribution in [0.2, 0.25) is 0 Å². The Kier molecular flexibility index (Phi) is 7.15. The van der Waals surface area contributed by atoms with Crippen molar-refractivity contribution < 1.29 is 43.2 Å². The molecule has 0 bridgehead atoms. The normalized spacial score (nSPS) is 20.1. The number of unbranched alkanes of at least 4 members (excludes halogenated alkanes) is 1. The maximum Gasteiger partial charge on any atom is 0.348 e. The van der Waals surface area contributed by atoms with Gasteiger partial charge in [0, 0.05) is 13.8 Å². The predicted octanol–water partition coefficient (Wildman–Crippen LogP) is 0.784. The van der Waals surface area contributed by atoms with Gasteiger partial charge in [-0.05, 0) is 6.42 Å². The molecule has 1 heterocycles. The Morgan fingerprint density at radius 3 is 2.50 bits per heavy atom. The highest BCUT2D eigenvalue weighted by molar-refractivity contribution is 5.86. The van der Waals surface area contributed by atoms with Crippen LogP contribution in [-0.2, 0) is 38.1 Å². The van der Waals surface area contributed by atoms with E-state index in [-0.39, 0.29) is 6.61 Å². The number of aliphatic carboxylic acids is 1. The average Bonchev–Trinajstić information content (AvgIpc) is 2.70. The number of carboxylic acid groups (broad SMARTS) is 1. The first-order valence-corrected chi connectivity index (χ1v) is 7.63. The molecule has 0 saturated carbocycles. The SMILES string of the molecule is CCCCOC(=O)[C@H](CC(=O)O)OC(=O)C[C@@H]1OC(C)(C)OC1=O. The van der Waals surface area contributed by atoms with E-state index in [4.69, 9.17) is 24.1 Å². The smallest absolute Gasteiger partial charge is 0.348 e. The van der Waals surface area contributed by atoms with Crippen molar-refractivity contribution in [3.05, 3.63) is 0 Å². The molecule has 0 aromatic rings. The molecule has 136 valence electrons. The third-order valence-electron chi connectivity index (χ3n) is 3.03. The maximum atomic E-state index is 11.9. The minimum atomic E-state index is -1.57. The van der Waals surface area contributed by atoms with Crippen molar-refractivity contribution in [1.29, 1.82) is 0 Å². The number of hydrogen-bond acceptors (Lipinski definition) is 8. The van der Waals surface area contributed by atoms with Crippen molar-refractivity contribution in [2.75, 3.05) is 6.61 Å². The zero-order valence-electron chi connectivity index (χ0n) is 13.9. The molecule has 1 aliphatic rings. The number of rotatable bonds is 9. The van der Waals surface area contributed by atoms with Crippen LogP contribution in [-0.4, -0.2) is 53.6 Å². The number of carbonyl (C=O) groups excluding carboxylic acids is 3. The van der Waals surface area contributed by atoms with E-state index in [1.165, 1.54) is 13.8 Å². The molecule has 0 unspecified atom stereocenters. The van der Waals surface area contributed by atoms with Crippen LogP contribution in [0, 0.1) is 0 Å². The van der Waals surface area contributed by atoms with Crippen molar-refractivity contribution in [2.24, 2.45) is 0 Å². The van der Waals surface area contributed by atoms with Crippen LogP contribution in [0.5, 0.6) is 0 Å². The Hall–Kier alpha value is -2.16. The highest BCUT2D eigenvalue weighted by Gasteiger charge is 2.42. The summed E-state index contributed by atoms with van der Waals surface area (Å²) < 4.78 is 19.8. The standard InChI is InChI=1S/C15H22O9/c1-4-5-6-21-13(19)9(7-11(16)17)22-12(18)8-10-14(20)24-15(2,3)23-10/h9-10H,4-8H2,1-3H3,(H,16,17)/t9-,10-/m0/s1. The van der Waals surface area contributed by atoms with E-state index in [0.717, 1.165) is 6.42 Å². The third-order valence-corrected chi connectivity index (χ3v) is 3.03.